The Morgan fingerprint density at radius 3 is 2.22 bits per heavy atom. The molecular weight excluding hydrogens is 299 g/mol. The van der Waals surface area contributed by atoms with Crippen molar-refractivity contribution in [2.75, 3.05) is 11.9 Å². The number of anilines is 1. The Morgan fingerprint density at radius 2 is 1.65 bits per heavy atom. The van der Waals surface area contributed by atoms with Crippen molar-refractivity contribution < 1.29 is 18.8 Å². The summed E-state index contributed by atoms with van der Waals surface area (Å²) in [7, 11) is 0. The predicted molar refractivity (Wildman–Crippen MR) is 79.5 cm³/mol. The van der Waals surface area contributed by atoms with E-state index in [1.807, 2.05) is 12.2 Å². The van der Waals surface area contributed by atoms with E-state index in [0.29, 0.717) is 5.69 Å². The summed E-state index contributed by atoms with van der Waals surface area (Å²) in [6, 6.07) is 5.32. The molecule has 5 nitrogen and oxygen atoms in total. The fourth-order valence-electron chi connectivity index (χ4n) is 4.00. The van der Waals surface area contributed by atoms with Crippen molar-refractivity contribution in [2.45, 2.75) is 6.42 Å². The zero-order chi connectivity index (χ0) is 16.1. The van der Waals surface area contributed by atoms with Crippen LogP contribution >= 0.6 is 0 Å². The second-order valence-corrected chi connectivity index (χ2v) is 6.32. The van der Waals surface area contributed by atoms with Crippen LogP contribution in [-0.2, 0) is 14.4 Å². The van der Waals surface area contributed by atoms with Gasteiger partial charge >= 0.3 is 0 Å². The van der Waals surface area contributed by atoms with E-state index in [-0.39, 0.29) is 42.0 Å². The number of halogens is 1. The SMILES string of the molecule is O=C(CN1C(=O)[C@H]2[C@H](C1=O)[C@H]1C=C[C@H]2C1)Nc1ccc(F)cc1. The van der Waals surface area contributed by atoms with Gasteiger partial charge in [0.1, 0.15) is 12.4 Å². The number of hydrogen-bond donors (Lipinski definition) is 1. The molecule has 1 aromatic rings. The fraction of sp³-hybridized carbons (Fsp3) is 0.353. The molecule has 1 aromatic carbocycles. The summed E-state index contributed by atoms with van der Waals surface area (Å²) >= 11 is 0. The van der Waals surface area contributed by atoms with Crippen LogP contribution in [0.3, 0.4) is 0 Å². The smallest absolute Gasteiger partial charge is 0.244 e. The number of benzene rings is 1. The van der Waals surface area contributed by atoms with Crippen LogP contribution in [0.5, 0.6) is 0 Å². The Morgan fingerprint density at radius 1 is 1.09 bits per heavy atom. The number of fused-ring (bicyclic) bond motifs is 5. The average molecular weight is 314 g/mol. The second-order valence-electron chi connectivity index (χ2n) is 6.32. The third-order valence-corrected chi connectivity index (χ3v) is 4.99. The van der Waals surface area contributed by atoms with Crippen molar-refractivity contribution in [3.8, 4) is 0 Å². The summed E-state index contributed by atoms with van der Waals surface area (Å²) in [5.74, 6) is -1.68. The monoisotopic (exact) mass is 314 g/mol. The lowest BCUT2D eigenvalue weighted by atomic mass is 9.85. The average Bonchev–Trinajstić information content (AvgIpc) is 3.19. The zero-order valence-electron chi connectivity index (χ0n) is 12.2. The van der Waals surface area contributed by atoms with E-state index in [1.54, 1.807) is 0 Å². The number of imide groups is 1. The summed E-state index contributed by atoms with van der Waals surface area (Å²) in [6.45, 7) is -0.290. The standard InChI is InChI=1S/C17H15FN2O3/c18-11-3-5-12(6-4-11)19-13(21)8-20-16(22)14-9-1-2-10(7-9)15(14)17(20)23/h1-6,9-10,14-15H,7-8H2,(H,19,21)/t9-,10-,14+,15+/m0/s1. The summed E-state index contributed by atoms with van der Waals surface area (Å²) in [5, 5.41) is 2.57. The number of nitrogens with one attached hydrogen (secondary N) is 1. The van der Waals surface area contributed by atoms with Crippen LogP contribution in [0.2, 0.25) is 0 Å². The van der Waals surface area contributed by atoms with E-state index in [4.69, 9.17) is 0 Å². The number of allylic oxidation sites excluding steroid dienone is 2. The van der Waals surface area contributed by atoms with Gasteiger partial charge in [0.2, 0.25) is 17.7 Å². The fourth-order valence-corrected chi connectivity index (χ4v) is 4.00. The van der Waals surface area contributed by atoms with E-state index in [2.05, 4.69) is 5.32 Å². The second kappa shape index (κ2) is 5.01. The van der Waals surface area contributed by atoms with Gasteiger partial charge in [0, 0.05) is 5.69 Å². The van der Waals surface area contributed by atoms with Crippen LogP contribution in [0.1, 0.15) is 6.42 Å². The maximum absolute atomic E-state index is 12.8. The van der Waals surface area contributed by atoms with E-state index in [1.165, 1.54) is 24.3 Å². The maximum atomic E-state index is 12.8. The van der Waals surface area contributed by atoms with Crippen molar-refractivity contribution in [1.29, 1.82) is 0 Å². The van der Waals surface area contributed by atoms with Gasteiger partial charge in [-0.25, -0.2) is 4.39 Å². The number of carbonyl (C=O) groups excluding carboxylic acids is 3. The molecule has 4 atom stereocenters. The molecule has 2 aliphatic carbocycles. The minimum atomic E-state index is -0.460. The molecule has 1 N–H and O–H groups in total. The van der Waals surface area contributed by atoms with Crippen LogP contribution in [0.4, 0.5) is 10.1 Å². The molecule has 0 spiro atoms. The topological polar surface area (TPSA) is 66.5 Å². The van der Waals surface area contributed by atoms with Crippen molar-refractivity contribution in [3.63, 3.8) is 0 Å². The number of likely N-dealkylation sites (tertiary alicyclic amines) is 1. The van der Waals surface area contributed by atoms with Crippen LogP contribution in [0, 0.1) is 29.5 Å². The Balaban J connectivity index is 1.45. The number of amides is 3. The first-order valence-electron chi connectivity index (χ1n) is 7.63. The minimum Gasteiger partial charge on any atom is -0.325 e. The van der Waals surface area contributed by atoms with Crippen molar-refractivity contribution in [2.24, 2.45) is 23.7 Å². The molecule has 2 fully saturated rings. The van der Waals surface area contributed by atoms with Crippen LogP contribution < -0.4 is 5.32 Å². The van der Waals surface area contributed by atoms with Crippen molar-refractivity contribution in [3.05, 3.63) is 42.2 Å². The van der Waals surface area contributed by atoms with Crippen molar-refractivity contribution >= 4 is 23.4 Å². The predicted octanol–water partition coefficient (Wildman–Crippen LogP) is 1.57. The number of carbonyl (C=O) groups is 3. The minimum absolute atomic E-state index is 0.131. The van der Waals surface area contributed by atoms with E-state index in [9.17, 15) is 18.8 Å². The number of hydrogen-bond acceptors (Lipinski definition) is 3. The Labute approximate surface area is 132 Å². The summed E-state index contributed by atoms with van der Waals surface area (Å²) in [4.78, 5) is 38.1. The van der Waals surface area contributed by atoms with Gasteiger partial charge in [-0.1, -0.05) is 12.2 Å². The summed E-state index contributed by atoms with van der Waals surface area (Å²) in [6.07, 6.45) is 4.89. The highest BCUT2D eigenvalue weighted by Gasteiger charge is 2.59. The molecule has 2 bridgehead atoms. The molecule has 0 unspecified atom stereocenters. The molecule has 4 rings (SSSR count). The lowest BCUT2D eigenvalue weighted by molar-refractivity contribution is -0.143. The van der Waals surface area contributed by atoms with Crippen molar-refractivity contribution in [1.82, 2.24) is 4.90 Å². The summed E-state index contributed by atoms with van der Waals surface area (Å²) in [5.41, 5.74) is 0.428. The van der Waals surface area contributed by atoms with Gasteiger partial charge in [0.05, 0.1) is 11.8 Å². The highest BCUT2D eigenvalue weighted by molar-refractivity contribution is 6.09. The third-order valence-electron chi connectivity index (χ3n) is 4.99. The number of nitrogens with zero attached hydrogens (tertiary/aromatic N) is 1. The molecular formula is C17H15FN2O3. The molecule has 1 saturated heterocycles. The van der Waals surface area contributed by atoms with Gasteiger partial charge in [-0.15, -0.1) is 0 Å². The highest BCUT2D eigenvalue weighted by Crippen LogP contribution is 2.52. The van der Waals surface area contributed by atoms with Gasteiger partial charge in [0.25, 0.3) is 0 Å². The normalized spacial score (nSPS) is 30.9. The van der Waals surface area contributed by atoms with Gasteiger partial charge in [-0.05, 0) is 42.5 Å². The molecule has 1 heterocycles. The highest BCUT2D eigenvalue weighted by atomic mass is 19.1. The van der Waals surface area contributed by atoms with Gasteiger partial charge in [-0.3, -0.25) is 19.3 Å². The van der Waals surface area contributed by atoms with Gasteiger partial charge in [-0.2, -0.15) is 0 Å². The Hall–Kier alpha value is -2.50. The maximum Gasteiger partial charge on any atom is 0.244 e. The summed E-state index contributed by atoms with van der Waals surface area (Å²) < 4.78 is 12.8. The molecule has 3 amide bonds. The molecule has 1 saturated carbocycles. The van der Waals surface area contributed by atoms with E-state index >= 15 is 0 Å². The molecule has 0 radical (unpaired) electrons. The first-order valence-corrected chi connectivity index (χ1v) is 7.63. The molecule has 1 aliphatic heterocycles. The van der Waals surface area contributed by atoms with Crippen LogP contribution in [0.25, 0.3) is 0 Å². The van der Waals surface area contributed by atoms with Crippen LogP contribution in [0.15, 0.2) is 36.4 Å². The molecule has 23 heavy (non-hydrogen) atoms. The largest absolute Gasteiger partial charge is 0.325 e. The van der Waals surface area contributed by atoms with E-state index in [0.717, 1.165) is 11.3 Å². The molecule has 3 aliphatic rings. The lowest BCUT2D eigenvalue weighted by Gasteiger charge is -2.16. The molecule has 0 aromatic heterocycles. The Bertz CT molecular complexity index is 698. The molecule has 6 heteroatoms. The third kappa shape index (κ3) is 2.17. The van der Waals surface area contributed by atoms with Gasteiger partial charge in [0.15, 0.2) is 0 Å². The number of rotatable bonds is 3. The van der Waals surface area contributed by atoms with E-state index < -0.39 is 11.7 Å². The quantitative estimate of drug-likeness (QED) is 0.680. The zero-order valence-corrected chi connectivity index (χ0v) is 12.2. The van der Waals surface area contributed by atoms with Gasteiger partial charge < -0.3 is 5.32 Å². The van der Waals surface area contributed by atoms with Crippen LogP contribution in [-0.4, -0.2) is 29.2 Å². The Kier molecular flexibility index (Phi) is 3.07. The first kappa shape index (κ1) is 14.1. The first-order chi connectivity index (χ1) is 11.0. The lowest BCUT2D eigenvalue weighted by Crippen LogP contribution is -2.39. The molecule has 118 valence electrons.